The first-order valence-corrected chi connectivity index (χ1v) is 12.0. The molecule has 0 heterocycles. The smallest absolute Gasteiger partial charge is 0.299 e. The van der Waals surface area contributed by atoms with E-state index in [2.05, 4.69) is 4.90 Å². The minimum Gasteiger partial charge on any atom is -0.299 e. The van der Waals surface area contributed by atoms with Gasteiger partial charge in [0, 0.05) is 12.6 Å². The third kappa shape index (κ3) is 4.48. The molecule has 186 valence electrons. The Morgan fingerprint density at radius 3 is 1.71 bits per heavy atom. The van der Waals surface area contributed by atoms with Crippen LogP contribution in [-0.4, -0.2) is 30.3 Å². The number of nitrogens with zero attached hydrogens (tertiary/aromatic N) is 1. The van der Waals surface area contributed by atoms with E-state index in [0.29, 0.717) is 13.0 Å². The highest BCUT2D eigenvalue weighted by Gasteiger charge is 2.67. The van der Waals surface area contributed by atoms with E-state index >= 15 is 0 Å². The molecule has 2 aliphatic rings. The Labute approximate surface area is 197 Å². The lowest BCUT2D eigenvalue weighted by atomic mass is 9.80. The minimum atomic E-state index is -4.47. The first-order valence-electron chi connectivity index (χ1n) is 12.0. The summed E-state index contributed by atoms with van der Waals surface area (Å²) in [5.74, 6) is 0. The van der Waals surface area contributed by atoms with Crippen molar-refractivity contribution >= 4 is 0 Å². The molecule has 0 radical (unpaired) electrons. The number of benzene rings is 2. The molecule has 1 atom stereocenters. The molecule has 0 spiro atoms. The zero-order valence-electron chi connectivity index (χ0n) is 19.6. The van der Waals surface area contributed by atoms with Gasteiger partial charge in [0.15, 0.2) is 0 Å². The van der Waals surface area contributed by atoms with Crippen molar-refractivity contribution in [3.63, 3.8) is 0 Å². The van der Waals surface area contributed by atoms with Crippen LogP contribution in [0.2, 0.25) is 0 Å². The van der Waals surface area contributed by atoms with Gasteiger partial charge in [-0.2, -0.15) is 26.3 Å². The van der Waals surface area contributed by atoms with Crippen molar-refractivity contribution in [3.05, 3.63) is 70.8 Å². The van der Waals surface area contributed by atoms with Gasteiger partial charge in [0.05, 0.1) is 10.8 Å². The molecule has 0 amide bonds. The van der Waals surface area contributed by atoms with Gasteiger partial charge < -0.3 is 0 Å². The molecule has 2 fully saturated rings. The molecule has 0 N–H and O–H groups in total. The van der Waals surface area contributed by atoms with Crippen molar-refractivity contribution in [1.82, 2.24) is 4.90 Å². The summed E-state index contributed by atoms with van der Waals surface area (Å²) in [5, 5.41) is 0. The van der Waals surface area contributed by atoms with Crippen molar-refractivity contribution in [3.8, 4) is 0 Å². The summed E-state index contributed by atoms with van der Waals surface area (Å²) in [4.78, 5) is 2.14. The molecular formula is C27H31F6N. The molecule has 0 bridgehead atoms. The summed E-state index contributed by atoms with van der Waals surface area (Å²) in [6.45, 7) is 2.68. The van der Waals surface area contributed by atoms with Crippen LogP contribution in [0.1, 0.15) is 67.7 Å². The number of hydrogen-bond donors (Lipinski definition) is 0. The fourth-order valence-electron chi connectivity index (χ4n) is 5.46. The van der Waals surface area contributed by atoms with E-state index in [0.717, 1.165) is 12.0 Å². The van der Waals surface area contributed by atoms with Crippen LogP contribution in [0.3, 0.4) is 0 Å². The fourth-order valence-corrected chi connectivity index (χ4v) is 5.46. The Balaban J connectivity index is 1.66. The normalized spacial score (nSPS) is 19.8. The first kappa shape index (κ1) is 25.1. The predicted molar refractivity (Wildman–Crippen MR) is 121 cm³/mol. The van der Waals surface area contributed by atoms with Crippen LogP contribution < -0.4 is 0 Å². The molecule has 2 aliphatic carbocycles. The predicted octanol–water partition coefficient (Wildman–Crippen LogP) is 7.72. The van der Waals surface area contributed by atoms with Crippen molar-refractivity contribution in [2.75, 3.05) is 7.05 Å². The van der Waals surface area contributed by atoms with E-state index in [-0.39, 0.29) is 54.8 Å². The molecule has 0 aromatic heterocycles. The Hall–Kier alpha value is -2.02. The van der Waals surface area contributed by atoms with Crippen molar-refractivity contribution < 1.29 is 26.3 Å². The number of rotatable bonds is 9. The van der Waals surface area contributed by atoms with Crippen LogP contribution in [-0.2, 0) is 23.8 Å². The van der Waals surface area contributed by atoms with Gasteiger partial charge >= 0.3 is 12.4 Å². The van der Waals surface area contributed by atoms with E-state index in [1.165, 1.54) is 18.2 Å². The van der Waals surface area contributed by atoms with E-state index < -0.39 is 23.2 Å². The lowest BCUT2D eigenvalue weighted by Crippen LogP contribution is -2.35. The standard InChI is InChI=1S/C27H31F6N/c1-3-20(34(2)18-19-8-5-4-6-9-19)12-13-21-22(24(14-15-24)26(28,29)30)10-7-11-23(21)25(16-17-25)27(31,32)33/h4-11,20H,3,12-18H2,1-2H3. The van der Waals surface area contributed by atoms with Crippen LogP contribution in [0.25, 0.3) is 0 Å². The summed E-state index contributed by atoms with van der Waals surface area (Å²) in [6.07, 6.45) is -7.70. The zero-order valence-corrected chi connectivity index (χ0v) is 19.6. The molecular weight excluding hydrogens is 452 g/mol. The number of hydrogen-bond acceptors (Lipinski definition) is 1. The zero-order chi connectivity index (χ0) is 24.8. The summed E-state index contributed by atoms with van der Waals surface area (Å²) in [5.41, 5.74) is -2.48. The average Bonchev–Trinajstić information content (AvgIpc) is 3.67. The maximum Gasteiger partial charge on any atom is 0.398 e. The highest BCUT2D eigenvalue weighted by atomic mass is 19.4. The molecule has 7 heteroatoms. The molecule has 4 rings (SSSR count). The summed E-state index contributed by atoms with van der Waals surface area (Å²) in [6, 6.07) is 14.1. The molecule has 0 aliphatic heterocycles. The van der Waals surface area contributed by atoms with Gasteiger partial charge in [-0.3, -0.25) is 4.90 Å². The van der Waals surface area contributed by atoms with E-state index in [9.17, 15) is 26.3 Å². The van der Waals surface area contributed by atoms with Crippen LogP contribution in [0, 0.1) is 0 Å². The third-order valence-corrected chi connectivity index (χ3v) is 7.89. The maximum atomic E-state index is 14.0. The molecule has 1 nitrogen and oxygen atoms in total. The Kier molecular flexibility index (Phi) is 6.56. The molecule has 2 saturated carbocycles. The van der Waals surface area contributed by atoms with Crippen molar-refractivity contribution in [2.45, 2.75) is 87.6 Å². The minimum absolute atomic E-state index is 0.0446. The van der Waals surface area contributed by atoms with Gasteiger partial charge in [-0.1, -0.05) is 55.5 Å². The highest BCUT2D eigenvalue weighted by molar-refractivity contribution is 5.50. The second-order valence-corrected chi connectivity index (χ2v) is 9.99. The Morgan fingerprint density at radius 2 is 1.29 bits per heavy atom. The van der Waals surface area contributed by atoms with Crippen molar-refractivity contribution in [1.29, 1.82) is 0 Å². The summed E-state index contributed by atoms with van der Waals surface area (Å²) < 4.78 is 84.3. The van der Waals surface area contributed by atoms with Gasteiger partial charge in [-0.05, 0) is 74.2 Å². The SMILES string of the molecule is CCC(CCc1c(C2(C(F)(F)F)CC2)cccc1C1(C(F)(F)F)CC1)N(C)Cc1ccccc1. The molecule has 1 unspecified atom stereocenters. The quantitative estimate of drug-likeness (QED) is 0.330. The van der Waals surface area contributed by atoms with Gasteiger partial charge in [-0.25, -0.2) is 0 Å². The van der Waals surface area contributed by atoms with Crippen LogP contribution >= 0.6 is 0 Å². The second-order valence-electron chi connectivity index (χ2n) is 9.99. The largest absolute Gasteiger partial charge is 0.398 e. The second kappa shape index (κ2) is 8.89. The molecule has 2 aromatic carbocycles. The number of halogens is 6. The summed E-state index contributed by atoms with van der Waals surface area (Å²) >= 11 is 0. The topological polar surface area (TPSA) is 3.24 Å². The fraction of sp³-hybridized carbons (Fsp3) is 0.556. The van der Waals surface area contributed by atoms with Gasteiger partial charge in [0.25, 0.3) is 0 Å². The van der Waals surface area contributed by atoms with Crippen LogP contribution in [0.4, 0.5) is 26.3 Å². The lowest BCUT2D eigenvalue weighted by Gasteiger charge is -2.31. The van der Waals surface area contributed by atoms with Gasteiger partial charge in [0.2, 0.25) is 0 Å². The maximum absolute atomic E-state index is 14.0. The van der Waals surface area contributed by atoms with E-state index in [4.69, 9.17) is 0 Å². The van der Waals surface area contributed by atoms with Crippen molar-refractivity contribution in [2.24, 2.45) is 0 Å². The lowest BCUT2D eigenvalue weighted by molar-refractivity contribution is -0.161. The Morgan fingerprint density at radius 1 is 0.794 bits per heavy atom. The monoisotopic (exact) mass is 483 g/mol. The third-order valence-electron chi connectivity index (χ3n) is 7.89. The number of alkyl halides is 6. The van der Waals surface area contributed by atoms with E-state index in [1.54, 1.807) is 0 Å². The first-order chi connectivity index (χ1) is 16.0. The van der Waals surface area contributed by atoms with Crippen LogP contribution in [0.15, 0.2) is 48.5 Å². The van der Waals surface area contributed by atoms with Crippen LogP contribution in [0.5, 0.6) is 0 Å². The molecule has 34 heavy (non-hydrogen) atoms. The molecule has 0 saturated heterocycles. The van der Waals surface area contributed by atoms with Gasteiger partial charge in [0.1, 0.15) is 0 Å². The van der Waals surface area contributed by atoms with E-state index in [1.807, 2.05) is 44.3 Å². The summed E-state index contributed by atoms with van der Waals surface area (Å²) in [7, 11) is 1.96. The van der Waals surface area contributed by atoms with Gasteiger partial charge in [-0.15, -0.1) is 0 Å². The highest BCUT2D eigenvalue weighted by Crippen LogP contribution is 2.64. The average molecular weight is 484 g/mol. The molecule has 2 aromatic rings. The Bertz CT molecular complexity index is 938.